The minimum Gasteiger partial charge on any atom is -0.494 e. The first-order valence-electron chi connectivity index (χ1n) is 21.9. The highest BCUT2D eigenvalue weighted by Crippen LogP contribution is 2.36. The van der Waals surface area contributed by atoms with Crippen molar-refractivity contribution in [1.29, 1.82) is 5.26 Å². The molecular weight excluding hydrogens is 538 g/mol. The largest absolute Gasteiger partial charge is 0.494 e. The third-order valence-electron chi connectivity index (χ3n) is 4.88. The number of ketones is 1. The molecule has 1 N–H and O–H groups in total. The third-order valence-corrected chi connectivity index (χ3v) is 5.15. The van der Waals surface area contributed by atoms with Gasteiger partial charge in [0.15, 0.2) is 5.78 Å². The fourth-order valence-corrected chi connectivity index (χ4v) is 3.36. The number of nitrogens with one attached hydrogen (secondary N) is 1. The maximum atomic E-state index is 13.5. The second kappa shape index (κ2) is 13.8. The molecule has 41 heavy (non-hydrogen) atoms. The van der Waals surface area contributed by atoms with E-state index in [-0.39, 0.29) is 5.69 Å². The van der Waals surface area contributed by atoms with E-state index in [1.54, 1.807) is 6.07 Å². The van der Waals surface area contributed by atoms with Crippen molar-refractivity contribution in [1.82, 2.24) is 14.9 Å². The Morgan fingerprint density at radius 3 is 2.98 bits per heavy atom. The van der Waals surface area contributed by atoms with Gasteiger partial charge < -0.3 is 19.7 Å². The zero-order valence-electron chi connectivity index (χ0n) is 42.3. The monoisotopic (exact) mass is 590 g/mol. The summed E-state index contributed by atoms with van der Waals surface area (Å²) in [6.45, 7) is -12.6. The first-order chi connectivity index (χ1) is 28.2. The number of aromatic nitrogens is 2. The molecule has 0 aliphatic heterocycles. The zero-order chi connectivity index (χ0) is 47.5. The molecule has 0 spiro atoms. The van der Waals surface area contributed by atoms with Gasteiger partial charge in [0.25, 0.3) is 0 Å². The molecule has 0 aliphatic rings. The number of anilines is 2. The Balaban J connectivity index is 2.01. The molecule has 0 fully saturated rings. The van der Waals surface area contributed by atoms with Crippen LogP contribution in [0.4, 0.5) is 11.4 Å². The van der Waals surface area contributed by atoms with Gasteiger partial charge in [-0.3, -0.25) is 14.8 Å². The standard InChI is InChI=1S/C32H32ClN5O3/c1-5-40-31-17-29-27(15-22(31)14-26(39)10-7-13-38(3)4)32(23(18-34)19-35-29)37-24-11-12-30(28(33)16-24)41-20-25-9-6-8-21(2)36-25/h6-12,15-17,19H,5,13-14,20H2,1-4H3,(H,35,37)/b10-7+/i1D3,3D3,5D2,6D,7D,8D,9D,10D,11D,12D,15D,16D,17D,19D,20D2. The highest BCUT2D eigenvalue weighted by molar-refractivity contribution is 6.32. The van der Waals surface area contributed by atoms with Crippen LogP contribution in [0.1, 0.15) is 58.2 Å². The highest BCUT2D eigenvalue weighted by Gasteiger charge is 2.16. The first-order valence-corrected chi connectivity index (χ1v) is 11.8. The number of halogens is 1. The lowest BCUT2D eigenvalue weighted by molar-refractivity contribution is -0.114. The summed E-state index contributed by atoms with van der Waals surface area (Å²) in [6, 6.07) is -7.28. The van der Waals surface area contributed by atoms with E-state index in [0.717, 1.165) is 7.05 Å². The van der Waals surface area contributed by atoms with E-state index in [2.05, 4.69) is 15.3 Å². The van der Waals surface area contributed by atoms with Crippen molar-refractivity contribution in [3.05, 3.63) is 94.2 Å². The van der Waals surface area contributed by atoms with E-state index in [1.165, 1.54) is 6.92 Å². The van der Waals surface area contributed by atoms with Gasteiger partial charge in [-0.2, -0.15) is 5.26 Å². The Morgan fingerprint density at radius 2 is 2.17 bits per heavy atom. The minimum absolute atomic E-state index is 0.150. The van der Waals surface area contributed by atoms with Crippen LogP contribution >= 0.6 is 11.6 Å². The van der Waals surface area contributed by atoms with E-state index in [9.17, 15) is 11.4 Å². The molecule has 2 aromatic carbocycles. The van der Waals surface area contributed by atoms with Crippen molar-refractivity contribution in [3.8, 4) is 17.6 Å². The van der Waals surface area contributed by atoms with Crippen molar-refractivity contribution in [2.45, 2.75) is 26.8 Å². The molecule has 0 unspecified atom stereocenters. The van der Waals surface area contributed by atoms with Crippen molar-refractivity contribution < 1.29 is 43.1 Å². The highest BCUT2D eigenvalue weighted by atomic mass is 35.5. The number of ether oxygens (including phenoxy) is 2. The number of pyridine rings is 2. The Hall–Kier alpha value is -4.45. The number of fused-ring (bicyclic) bond motifs is 1. The number of hydrogen-bond acceptors (Lipinski definition) is 8. The van der Waals surface area contributed by atoms with Gasteiger partial charge in [0.2, 0.25) is 0 Å². The van der Waals surface area contributed by atoms with E-state index in [0.29, 0.717) is 4.90 Å². The molecule has 0 amide bonds. The number of rotatable bonds is 12. The smallest absolute Gasteiger partial charge is 0.159 e. The minimum atomic E-state index is -3.63. The predicted molar refractivity (Wildman–Crippen MR) is 162 cm³/mol. The normalized spacial score (nSPS) is 20.3. The van der Waals surface area contributed by atoms with Crippen molar-refractivity contribution in [3.63, 3.8) is 0 Å². The maximum Gasteiger partial charge on any atom is 0.159 e. The van der Waals surface area contributed by atoms with Crippen LogP contribution < -0.4 is 14.8 Å². The third kappa shape index (κ3) is 7.82. The van der Waals surface area contributed by atoms with Gasteiger partial charge in [-0.1, -0.05) is 23.7 Å². The molecule has 4 aromatic rings. The molecule has 0 saturated carbocycles. The molecule has 4 rings (SSSR count). The van der Waals surface area contributed by atoms with E-state index >= 15 is 0 Å². The summed E-state index contributed by atoms with van der Waals surface area (Å²) in [7, 11) is 1.08. The lowest BCUT2D eigenvalue weighted by Crippen LogP contribution is -2.11. The number of nitrogens with zero attached hydrogens (tertiary/aromatic N) is 4. The summed E-state index contributed by atoms with van der Waals surface area (Å²) in [5.74, 6) is -3.36. The zero-order valence-corrected chi connectivity index (χ0v) is 22.1. The lowest BCUT2D eigenvalue weighted by Gasteiger charge is -2.16. The number of carbonyl (C=O) groups excluding carboxylic acids is 1. The number of nitriles is 1. The van der Waals surface area contributed by atoms with E-state index in [1.807, 2.05) is 0 Å². The molecule has 8 nitrogen and oxygen atoms in total. The molecule has 0 bridgehead atoms. The number of likely N-dealkylation sites (N-methyl/N-ethyl adjacent to an activating group) is 1. The van der Waals surface area contributed by atoms with E-state index in [4.69, 9.17) is 48.5 Å². The van der Waals surface area contributed by atoms with Crippen LogP contribution in [0.3, 0.4) is 0 Å². The Labute approximate surface area is 274 Å². The lowest BCUT2D eigenvalue weighted by atomic mass is 10.0. The van der Waals surface area contributed by atoms with E-state index < -0.39 is 168 Å². The first kappa shape index (κ1) is 12.6. The molecule has 9 heteroatoms. The number of aryl methyl sites for hydroxylation is 1. The van der Waals surface area contributed by atoms with Crippen molar-refractivity contribution in [2.75, 3.05) is 32.4 Å². The Bertz CT molecular complexity index is 2560. The maximum absolute atomic E-state index is 13.5. The van der Waals surface area contributed by atoms with Crippen LogP contribution in [-0.4, -0.2) is 47.8 Å². The van der Waals surface area contributed by atoms with Gasteiger partial charge in [-0.25, -0.2) is 0 Å². The van der Waals surface area contributed by atoms with Crippen LogP contribution in [0.2, 0.25) is 5.02 Å². The molecular formula is C32H32ClN5O3. The summed E-state index contributed by atoms with van der Waals surface area (Å²) >= 11 is 6.41. The number of benzene rings is 2. The molecule has 0 atom stereocenters. The van der Waals surface area contributed by atoms with Gasteiger partial charge in [0.1, 0.15) is 24.1 Å². The topological polar surface area (TPSA) is 100 Å². The Morgan fingerprint density at radius 1 is 1.29 bits per heavy atom. The summed E-state index contributed by atoms with van der Waals surface area (Å²) in [4.78, 5) is 21.9. The van der Waals surface area contributed by atoms with Crippen LogP contribution in [0, 0.1) is 18.3 Å². The SMILES string of the molecule is [2H]/C(CN(C)C([2H])([2H])[2H])=C(/[2H])C(=O)Cc1c(OC([2H])([2H])C([2H])([2H])[2H])c([2H])c2nc([2H])c(C#N)c(Nc3c([2H])c([2H])c(OC([2H])([2H])c4nc(C)c([2H])c([2H])c4[2H])c(Cl)c3[2H])c2c1[2H]. The molecule has 210 valence electrons. The van der Waals surface area contributed by atoms with Gasteiger partial charge in [-0.05, 0) is 70.1 Å². The number of allylic oxidation sites excluding steroid dienone is 1. The van der Waals surface area contributed by atoms with Crippen molar-refractivity contribution >= 4 is 39.7 Å². The number of carbonyl (C=O) groups is 1. The average molecular weight is 591 g/mol. The molecule has 2 aromatic heterocycles. The molecule has 0 saturated heterocycles. The van der Waals surface area contributed by atoms with Gasteiger partial charge in [0.05, 0.1) is 54.6 Å². The van der Waals surface area contributed by atoms with Crippen LogP contribution in [0.5, 0.6) is 11.5 Å². The molecule has 2 heterocycles. The second-order valence-corrected chi connectivity index (χ2v) is 8.35. The average Bonchev–Trinajstić information content (AvgIpc) is 3.16. The summed E-state index contributed by atoms with van der Waals surface area (Å²) < 4.78 is 182. The summed E-state index contributed by atoms with van der Waals surface area (Å²) in [6.07, 6.45) is -2.15. The quantitative estimate of drug-likeness (QED) is 0.189. The second-order valence-electron chi connectivity index (χ2n) is 7.97. The molecule has 0 aliphatic carbocycles. The van der Waals surface area contributed by atoms with Crippen LogP contribution in [0.15, 0.2) is 66.6 Å². The number of hydrogen-bond donors (Lipinski definition) is 1. The summed E-state index contributed by atoms with van der Waals surface area (Å²) in [5.41, 5.74) is -4.73. The fraction of sp³-hybridized carbons (Fsp3) is 0.250. The van der Waals surface area contributed by atoms with Gasteiger partial charge in [0, 0.05) is 55.7 Å². The van der Waals surface area contributed by atoms with Gasteiger partial charge >= 0.3 is 0 Å². The Kier molecular flexibility index (Phi) is 4.23. The van der Waals surface area contributed by atoms with Crippen LogP contribution in [-0.2, 0) is 17.8 Å². The fourth-order valence-electron chi connectivity index (χ4n) is 3.18. The van der Waals surface area contributed by atoms with Crippen LogP contribution in [0.25, 0.3) is 10.9 Å². The molecule has 0 radical (unpaired) electrons. The van der Waals surface area contributed by atoms with Gasteiger partial charge in [-0.15, -0.1) is 0 Å². The summed E-state index contributed by atoms with van der Waals surface area (Å²) in [5, 5.41) is 11.1. The predicted octanol–water partition coefficient (Wildman–Crippen LogP) is 6.41. The van der Waals surface area contributed by atoms with Crippen molar-refractivity contribution in [2.24, 2.45) is 0 Å².